The van der Waals surface area contributed by atoms with Crippen molar-refractivity contribution in [3.63, 3.8) is 0 Å². The van der Waals surface area contributed by atoms with E-state index in [0.717, 1.165) is 0 Å². The molecule has 0 aromatic heterocycles. The van der Waals surface area contributed by atoms with Gasteiger partial charge in [-0.1, -0.05) is 0 Å². The summed E-state index contributed by atoms with van der Waals surface area (Å²) in [6, 6.07) is 0. The Hall–Kier alpha value is -0.400. The summed E-state index contributed by atoms with van der Waals surface area (Å²) in [6.45, 7) is 4.26. The molecule has 2 aliphatic heterocycles. The predicted octanol–water partition coefficient (Wildman–Crippen LogP) is -3.16. The van der Waals surface area contributed by atoms with Crippen molar-refractivity contribution in [1.82, 2.24) is 0 Å². The molecule has 0 radical (unpaired) electrons. The second-order valence-corrected chi connectivity index (χ2v) is 7.63. The van der Waals surface area contributed by atoms with Gasteiger partial charge in [-0.05, 0) is 20.8 Å². The van der Waals surface area contributed by atoms with Crippen LogP contribution in [0.2, 0.25) is 0 Å². The number of hydrogen-bond donors (Lipinski definition) is 7. The first kappa shape index (κ1) is 21.9. The molecular formula is C16H30O10. The van der Waals surface area contributed by atoms with Crippen LogP contribution in [0.3, 0.4) is 0 Å². The molecule has 7 N–H and O–H groups in total. The van der Waals surface area contributed by atoms with E-state index in [2.05, 4.69) is 0 Å². The van der Waals surface area contributed by atoms with Gasteiger partial charge < -0.3 is 50.0 Å². The normalized spacial score (nSPS) is 47.8. The summed E-state index contributed by atoms with van der Waals surface area (Å²) >= 11 is 0. The van der Waals surface area contributed by atoms with Crippen molar-refractivity contribution in [3.05, 3.63) is 0 Å². The van der Waals surface area contributed by atoms with E-state index in [1.54, 1.807) is 20.8 Å². The molecule has 0 aliphatic carbocycles. The lowest BCUT2D eigenvalue weighted by Crippen LogP contribution is -2.61. The van der Waals surface area contributed by atoms with Crippen LogP contribution in [0.25, 0.3) is 0 Å². The first-order chi connectivity index (χ1) is 12.0. The molecule has 2 aliphatic rings. The SMILES string of the molecule is CC1OC(CC(C)(C)OC2OC(CO)C(O)C(O)C2O)C(O)C(O)C1O. The first-order valence-electron chi connectivity index (χ1n) is 8.66. The minimum absolute atomic E-state index is 0.0807. The number of aliphatic hydroxyl groups excluding tert-OH is 7. The standard InChI is InChI=1S/C16H30O10/c1-6-9(18)12(21)10(19)7(24-6)4-16(2,3)26-15-14(23)13(22)11(20)8(5-17)25-15/h6-15,17-23H,4-5H2,1-3H3. The largest absolute Gasteiger partial charge is 0.394 e. The Bertz CT molecular complexity index is 458. The van der Waals surface area contributed by atoms with Crippen LogP contribution in [0, 0.1) is 0 Å². The summed E-state index contributed by atoms with van der Waals surface area (Å²) in [5.74, 6) is 0. The van der Waals surface area contributed by atoms with E-state index >= 15 is 0 Å². The van der Waals surface area contributed by atoms with Gasteiger partial charge in [-0.15, -0.1) is 0 Å². The third-order valence-corrected chi connectivity index (χ3v) is 4.93. The van der Waals surface area contributed by atoms with Crippen LogP contribution < -0.4 is 0 Å². The maximum atomic E-state index is 10.1. The molecule has 10 unspecified atom stereocenters. The average Bonchev–Trinajstić information content (AvgIpc) is 2.58. The molecule has 2 rings (SSSR count). The van der Waals surface area contributed by atoms with Crippen molar-refractivity contribution < 1.29 is 50.0 Å². The van der Waals surface area contributed by atoms with E-state index in [1.807, 2.05) is 0 Å². The fourth-order valence-electron chi connectivity index (χ4n) is 3.32. The molecule has 10 nitrogen and oxygen atoms in total. The Labute approximate surface area is 151 Å². The van der Waals surface area contributed by atoms with Gasteiger partial charge in [0.15, 0.2) is 6.29 Å². The van der Waals surface area contributed by atoms with Gasteiger partial charge in [0.25, 0.3) is 0 Å². The molecule has 0 bridgehead atoms. The second-order valence-electron chi connectivity index (χ2n) is 7.63. The van der Waals surface area contributed by atoms with Crippen molar-refractivity contribution >= 4 is 0 Å². The van der Waals surface area contributed by atoms with Gasteiger partial charge in [0, 0.05) is 6.42 Å². The summed E-state index contributed by atoms with van der Waals surface area (Å²) < 4.78 is 16.6. The maximum absolute atomic E-state index is 10.1. The van der Waals surface area contributed by atoms with Crippen LogP contribution in [-0.2, 0) is 14.2 Å². The van der Waals surface area contributed by atoms with E-state index < -0.39 is 73.4 Å². The van der Waals surface area contributed by atoms with E-state index in [4.69, 9.17) is 14.2 Å². The zero-order valence-electron chi connectivity index (χ0n) is 15.0. The Kier molecular flexibility index (Phi) is 7.00. The molecule has 154 valence electrons. The Balaban J connectivity index is 2.03. The lowest BCUT2D eigenvalue weighted by Gasteiger charge is -2.45. The molecule has 0 aromatic carbocycles. The number of hydrogen-bond acceptors (Lipinski definition) is 10. The second kappa shape index (κ2) is 8.31. The van der Waals surface area contributed by atoms with Gasteiger partial charge in [-0.2, -0.15) is 0 Å². The topological polar surface area (TPSA) is 169 Å². The molecule has 0 saturated carbocycles. The molecule has 0 aromatic rings. The lowest BCUT2D eigenvalue weighted by molar-refractivity contribution is -0.328. The molecule has 10 heteroatoms. The zero-order valence-corrected chi connectivity index (χ0v) is 15.0. The summed E-state index contributed by atoms with van der Waals surface area (Å²) in [5.41, 5.74) is -1.04. The zero-order chi connectivity index (χ0) is 19.8. The van der Waals surface area contributed by atoms with E-state index in [0.29, 0.717) is 0 Å². The lowest BCUT2D eigenvalue weighted by atomic mass is 9.89. The van der Waals surface area contributed by atoms with Crippen molar-refractivity contribution in [2.24, 2.45) is 0 Å². The molecule has 10 atom stereocenters. The molecule has 2 saturated heterocycles. The van der Waals surface area contributed by atoms with Crippen LogP contribution >= 0.6 is 0 Å². The number of rotatable bonds is 5. The van der Waals surface area contributed by atoms with Crippen LogP contribution in [0.5, 0.6) is 0 Å². The highest BCUT2D eigenvalue weighted by Crippen LogP contribution is 2.32. The highest BCUT2D eigenvalue weighted by atomic mass is 16.7. The van der Waals surface area contributed by atoms with Gasteiger partial charge in [-0.3, -0.25) is 0 Å². The Morgan fingerprint density at radius 2 is 1.31 bits per heavy atom. The smallest absolute Gasteiger partial charge is 0.187 e. The molecule has 0 spiro atoms. The third kappa shape index (κ3) is 4.53. The van der Waals surface area contributed by atoms with Crippen LogP contribution in [0.15, 0.2) is 0 Å². The van der Waals surface area contributed by atoms with Crippen LogP contribution in [-0.4, -0.2) is 109 Å². The highest BCUT2D eigenvalue weighted by Gasteiger charge is 2.48. The van der Waals surface area contributed by atoms with Gasteiger partial charge in [0.2, 0.25) is 0 Å². The minimum Gasteiger partial charge on any atom is -0.394 e. The summed E-state index contributed by atoms with van der Waals surface area (Å²) in [7, 11) is 0. The maximum Gasteiger partial charge on any atom is 0.187 e. The van der Waals surface area contributed by atoms with Crippen LogP contribution in [0.4, 0.5) is 0 Å². The van der Waals surface area contributed by atoms with Gasteiger partial charge in [0.1, 0.15) is 42.7 Å². The molecule has 0 amide bonds. The highest BCUT2D eigenvalue weighted by molar-refractivity contribution is 4.94. The van der Waals surface area contributed by atoms with Gasteiger partial charge in [-0.25, -0.2) is 0 Å². The average molecular weight is 382 g/mol. The van der Waals surface area contributed by atoms with Gasteiger partial charge >= 0.3 is 0 Å². The molecule has 26 heavy (non-hydrogen) atoms. The van der Waals surface area contributed by atoms with E-state index in [-0.39, 0.29) is 6.42 Å². The van der Waals surface area contributed by atoms with Gasteiger partial charge in [0.05, 0.1) is 24.4 Å². The minimum atomic E-state index is -1.56. The predicted molar refractivity (Wildman–Crippen MR) is 85.9 cm³/mol. The molecule has 2 heterocycles. The molecule has 2 fully saturated rings. The first-order valence-corrected chi connectivity index (χ1v) is 8.66. The van der Waals surface area contributed by atoms with Crippen molar-refractivity contribution in [2.45, 2.75) is 94.0 Å². The third-order valence-electron chi connectivity index (χ3n) is 4.93. The Morgan fingerprint density at radius 3 is 1.88 bits per heavy atom. The summed E-state index contributed by atoms with van der Waals surface area (Å²) in [4.78, 5) is 0. The fourth-order valence-corrected chi connectivity index (χ4v) is 3.32. The number of aliphatic hydroxyl groups is 7. The van der Waals surface area contributed by atoms with Crippen LogP contribution in [0.1, 0.15) is 27.2 Å². The van der Waals surface area contributed by atoms with E-state index in [9.17, 15) is 35.7 Å². The Morgan fingerprint density at radius 1 is 0.769 bits per heavy atom. The summed E-state index contributed by atoms with van der Waals surface area (Å²) in [6.07, 6.45) is -12.4. The fraction of sp³-hybridized carbons (Fsp3) is 1.00. The number of ether oxygens (including phenoxy) is 3. The monoisotopic (exact) mass is 382 g/mol. The quantitative estimate of drug-likeness (QED) is 0.258. The van der Waals surface area contributed by atoms with Crippen molar-refractivity contribution in [3.8, 4) is 0 Å². The van der Waals surface area contributed by atoms with Crippen molar-refractivity contribution in [2.75, 3.05) is 6.61 Å². The molecular weight excluding hydrogens is 352 g/mol. The van der Waals surface area contributed by atoms with E-state index in [1.165, 1.54) is 0 Å². The summed E-state index contributed by atoms with van der Waals surface area (Å²) in [5, 5.41) is 68.7. The van der Waals surface area contributed by atoms with Crippen molar-refractivity contribution in [1.29, 1.82) is 0 Å².